The standard InChI is InChI=1S/C9H16N2/c1-4-8(3)9(11)5-7(2)6-10/h4-5H,1,6,10-11H2,2-3H3/b7-5-,9-8+. The molecular weight excluding hydrogens is 136 g/mol. The van der Waals surface area contributed by atoms with Crippen molar-refractivity contribution in [3.8, 4) is 0 Å². The van der Waals surface area contributed by atoms with Crippen molar-refractivity contribution in [3.05, 3.63) is 35.6 Å². The van der Waals surface area contributed by atoms with E-state index in [1.165, 1.54) is 0 Å². The average molecular weight is 152 g/mol. The van der Waals surface area contributed by atoms with E-state index < -0.39 is 0 Å². The summed E-state index contributed by atoms with van der Waals surface area (Å²) in [6.45, 7) is 8.03. The van der Waals surface area contributed by atoms with E-state index in [1.54, 1.807) is 6.08 Å². The smallest absolute Gasteiger partial charge is 0.0343 e. The fraction of sp³-hybridized carbons (Fsp3) is 0.333. The van der Waals surface area contributed by atoms with Crippen molar-refractivity contribution in [2.75, 3.05) is 6.54 Å². The third-order valence-corrected chi connectivity index (χ3v) is 1.49. The van der Waals surface area contributed by atoms with Crippen molar-refractivity contribution in [1.82, 2.24) is 0 Å². The van der Waals surface area contributed by atoms with Crippen molar-refractivity contribution >= 4 is 0 Å². The Labute approximate surface area is 68.3 Å². The van der Waals surface area contributed by atoms with Crippen LogP contribution in [0.3, 0.4) is 0 Å². The van der Waals surface area contributed by atoms with Crippen LogP contribution in [0.2, 0.25) is 0 Å². The summed E-state index contributed by atoms with van der Waals surface area (Å²) in [5.41, 5.74) is 13.9. The summed E-state index contributed by atoms with van der Waals surface area (Å²) in [6, 6.07) is 0. The summed E-state index contributed by atoms with van der Waals surface area (Å²) in [7, 11) is 0. The lowest BCUT2D eigenvalue weighted by Gasteiger charge is -1.99. The van der Waals surface area contributed by atoms with Crippen LogP contribution >= 0.6 is 0 Å². The van der Waals surface area contributed by atoms with Gasteiger partial charge >= 0.3 is 0 Å². The molecule has 0 saturated carbocycles. The highest BCUT2D eigenvalue weighted by Crippen LogP contribution is 2.02. The van der Waals surface area contributed by atoms with Gasteiger partial charge in [0, 0.05) is 12.2 Å². The van der Waals surface area contributed by atoms with Crippen molar-refractivity contribution in [2.45, 2.75) is 13.8 Å². The Hall–Kier alpha value is -1.02. The Morgan fingerprint density at radius 3 is 2.36 bits per heavy atom. The molecule has 0 unspecified atom stereocenters. The lowest BCUT2D eigenvalue weighted by Crippen LogP contribution is -2.03. The van der Waals surface area contributed by atoms with Crippen LogP contribution in [-0.2, 0) is 0 Å². The van der Waals surface area contributed by atoms with Gasteiger partial charge in [0.1, 0.15) is 0 Å². The zero-order valence-corrected chi connectivity index (χ0v) is 7.22. The van der Waals surface area contributed by atoms with Crippen molar-refractivity contribution in [1.29, 1.82) is 0 Å². The van der Waals surface area contributed by atoms with Gasteiger partial charge in [0.15, 0.2) is 0 Å². The zero-order chi connectivity index (χ0) is 8.85. The minimum absolute atomic E-state index is 0.547. The average Bonchev–Trinajstić information content (AvgIpc) is 2.02. The van der Waals surface area contributed by atoms with Crippen molar-refractivity contribution < 1.29 is 0 Å². The molecule has 0 fully saturated rings. The van der Waals surface area contributed by atoms with Crippen LogP contribution in [0.4, 0.5) is 0 Å². The van der Waals surface area contributed by atoms with Crippen molar-refractivity contribution in [2.24, 2.45) is 11.5 Å². The molecule has 0 amide bonds. The highest BCUT2D eigenvalue weighted by atomic mass is 14.6. The van der Waals surface area contributed by atoms with Gasteiger partial charge in [-0.1, -0.05) is 18.2 Å². The van der Waals surface area contributed by atoms with E-state index in [4.69, 9.17) is 11.5 Å². The lowest BCUT2D eigenvalue weighted by molar-refractivity contribution is 1.12. The summed E-state index contributed by atoms with van der Waals surface area (Å²) in [5.74, 6) is 0. The lowest BCUT2D eigenvalue weighted by atomic mass is 10.2. The van der Waals surface area contributed by atoms with E-state index in [0.717, 1.165) is 16.8 Å². The molecule has 0 heterocycles. The summed E-state index contributed by atoms with van der Waals surface area (Å²) >= 11 is 0. The quantitative estimate of drug-likeness (QED) is 0.599. The molecule has 0 rings (SSSR count). The van der Waals surface area contributed by atoms with Crippen LogP contribution < -0.4 is 11.5 Å². The molecule has 2 nitrogen and oxygen atoms in total. The second-order valence-corrected chi connectivity index (χ2v) is 2.54. The van der Waals surface area contributed by atoms with E-state index in [-0.39, 0.29) is 0 Å². The molecule has 0 spiro atoms. The molecule has 4 N–H and O–H groups in total. The minimum atomic E-state index is 0.547. The monoisotopic (exact) mass is 152 g/mol. The molecule has 0 aliphatic carbocycles. The molecule has 0 aromatic carbocycles. The number of rotatable bonds is 3. The molecule has 11 heavy (non-hydrogen) atoms. The van der Waals surface area contributed by atoms with Crippen LogP contribution in [0.5, 0.6) is 0 Å². The van der Waals surface area contributed by atoms with Gasteiger partial charge in [-0.05, 0) is 25.5 Å². The van der Waals surface area contributed by atoms with E-state index >= 15 is 0 Å². The molecule has 0 aliphatic rings. The predicted octanol–water partition coefficient (Wildman–Crippen LogP) is 1.31. The third-order valence-electron chi connectivity index (χ3n) is 1.49. The van der Waals surface area contributed by atoms with E-state index in [0.29, 0.717) is 6.54 Å². The van der Waals surface area contributed by atoms with Crippen LogP contribution in [0.1, 0.15) is 13.8 Å². The number of nitrogens with two attached hydrogens (primary N) is 2. The number of allylic oxidation sites excluding steroid dienone is 3. The second-order valence-electron chi connectivity index (χ2n) is 2.54. The minimum Gasteiger partial charge on any atom is -0.399 e. The number of hydrogen-bond acceptors (Lipinski definition) is 2. The Morgan fingerprint density at radius 1 is 1.45 bits per heavy atom. The maximum absolute atomic E-state index is 5.68. The van der Waals surface area contributed by atoms with Crippen LogP contribution in [0, 0.1) is 0 Å². The molecule has 0 radical (unpaired) electrons. The van der Waals surface area contributed by atoms with Gasteiger partial charge in [-0.2, -0.15) is 0 Å². The van der Waals surface area contributed by atoms with Gasteiger partial charge in [0.25, 0.3) is 0 Å². The first-order chi connectivity index (χ1) is 5.11. The highest BCUT2D eigenvalue weighted by Gasteiger charge is 1.90. The van der Waals surface area contributed by atoms with Gasteiger partial charge in [0.2, 0.25) is 0 Å². The Balaban J connectivity index is 4.49. The maximum Gasteiger partial charge on any atom is 0.0343 e. The Morgan fingerprint density at radius 2 is 2.00 bits per heavy atom. The van der Waals surface area contributed by atoms with E-state index in [1.807, 2.05) is 19.9 Å². The zero-order valence-electron chi connectivity index (χ0n) is 7.22. The molecule has 0 saturated heterocycles. The fourth-order valence-electron chi connectivity index (χ4n) is 0.556. The molecule has 0 aromatic rings. The largest absolute Gasteiger partial charge is 0.399 e. The van der Waals surface area contributed by atoms with Gasteiger partial charge in [0.05, 0.1) is 0 Å². The first kappa shape index (κ1) is 9.98. The molecule has 0 aromatic heterocycles. The Kier molecular flexibility index (Phi) is 4.30. The predicted molar refractivity (Wildman–Crippen MR) is 49.9 cm³/mol. The highest BCUT2D eigenvalue weighted by molar-refractivity contribution is 5.30. The van der Waals surface area contributed by atoms with Gasteiger partial charge < -0.3 is 11.5 Å². The van der Waals surface area contributed by atoms with Gasteiger partial charge in [-0.15, -0.1) is 0 Å². The molecule has 0 aliphatic heterocycles. The fourth-order valence-corrected chi connectivity index (χ4v) is 0.556. The SMILES string of the molecule is C=C/C(C)=C(N)\C=C(\C)CN. The molecule has 0 atom stereocenters. The van der Waals surface area contributed by atoms with Gasteiger partial charge in [-0.25, -0.2) is 0 Å². The van der Waals surface area contributed by atoms with Crippen molar-refractivity contribution in [3.63, 3.8) is 0 Å². The first-order valence-corrected chi connectivity index (χ1v) is 3.57. The summed E-state index contributed by atoms with van der Waals surface area (Å²) in [5, 5.41) is 0. The second kappa shape index (κ2) is 4.74. The van der Waals surface area contributed by atoms with E-state index in [9.17, 15) is 0 Å². The first-order valence-electron chi connectivity index (χ1n) is 3.57. The summed E-state index contributed by atoms with van der Waals surface area (Å²) in [6.07, 6.45) is 3.60. The molecule has 0 bridgehead atoms. The van der Waals surface area contributed by atoms with Crippen LogP contribution in [-0.4, -0.2) is 6.54 Å². The maximum atomic E-state index is 5.68. The van der Waals surface area contributed by atoms with E-state index in [2.05, 4.69) is 6.58 Å². The normalized spacial score (nSPS) is 14.3. The molecule has 62 valence electrons. The summed E-state index contributed by atoms with van der Waals surface area (Å²) in [4.78, 5) is 0. The topological polar surface area (TPSA) is 52.0 Å². The third kappa shape index (κ3) is 3.63. The number of hydrogen-bond donors (Lipinski definition) is 2. The van der Waals surface area contributed by atoms with Crippen LogP contribution in [0.15, 0.2) is 35.6 Å². The molecular formula is C9H16N2. The summed E-state index contributed by atoms with van der Waals surface area (Å²) < 4.78 is 0. The van der Waals surface area contributed by atoms with Crippen LogP contribution in [0.25, 0.3) is 0 Å². The van der Waals surface area contributed by atoms with Gasteiger partial charge in [-0.3, -0.25) is 0 Å². The Bertz CT molecular complexity index is 200. The molecule has 2 heteroatoms.